The zero-order valence-electron chi connectivity index (χ0n) is 22.2. The van der Waals surface area contributed by atoms with Gasteiger partial charge in [0.1, 0.15) is 47.9 Å². The molecule has 3 unspecified atom stereocenters. The van der Waals surface area contributed by atoms with Crippen LogP contribution in [0.1, 0.15) is 22.8 Å². The van der Waals surface area contributed by atoms with Gasteiger partial charge in [-0.3, -0.25) is 18.5 Å². The van der Waals surface area contributed by atoms with Gasteiger partial charge in [0.05, 0.1) is 19.5 Å². The Bertz CT molecular complexity index is 1630. The molecule has 0 bridgehead atoms. The second kappa shape index (κ2) is 12.4. The van der Waals surface area contributed by atoms with Gasteiger partial charge < -0.3 is 55.7 Å². The van der Waals surface area contributed by atoms with Crippen LogP contribution in [0, 0.1) is 0 Å². The molecule has 240 valence electrons. The number of hydrogen-bond donors (Lipinski definition) is 7. The number of hydrogen-bond acceptors (Lipinski definition) is 17. The number of aromatic nitrogens is 5. The minimum Gasteiger partial charge on any atom is -0.756 e. The number of amides is 1. The SMILES string of the molecule is NC(=O)c1ccc[n+]([C@H]2O[C@H](COP(=O)([O-])OP(=O)(O)OC[C@H]3OC(n4cnc5c(N)ncnc54)[C@H](O)[C@@H]3O)[C@@H](O)[C@H]2O)c1. The van der Waals surface area contributed by atoms with Crippen LogP contribution in [-0.4, -0.2) is 101 Å². The molecule has 2 fully saturated rings. The topological polar surface area (TPSA) is 321 Å². The van der Waals surface area contributed by atoms with Crippen LogP contribution in [0.3, 0.4) is 0 Å². The van der Waals surface area contributed by atoms with Gasteiger partial charge in [-0.1, -0.05) is 0 Å². The molecule has 5 rings (SSSR count). The van der Waals surface area contributed by atoms with Gasteiger partial charge in [0.15, 0.2) is 36.2 Å². The van der Waals surface area contributed by atoms with Crippen LogP contribution in [-0.2, 0) is 32.0 Å². The molecule has 2 aliphatic rings. The van der Waals surface area contributed by atoms with E-state index in [0.29, 0.717) is 0 Å². The van der Waals surface area contributed by atoms with E-state index in [-0.39, 0.29) is 22.5 Å². The van der Waals surface area contributed by atoms with Crippen molar-refractivity contribution in [3.63, 3.8) is 0 Å². The van der Waals surface area contributed by atoms with E-state index in [9.17, 15) is 44.1 Å². The predicted molar refractivity (Wildman–Crippen MR) is 137 cm³/mol. The molecule has 21 nitrogen and oxygen atoms in total. The Labute approximate surface area is 246 Å². The lowest BCUT2D eigenvalue weighted by Gasteiger charge is -2.26. The molecule has 10 atom stereocenters. The fourth-order valence-corrected chi connectivity index (χ4v) is 6.62. The minimum absolute atomic E-state index is 0.0446. The molecule has 23 heteroatoms. The van der Waals surface area contributed by atoms with Crippen molar-refractivity contribution in [1.29, 1.82) is 0 Å². The van der Waals surface area contributed by atoms with Crippen molar-refractivity contribution >= 4 is 38.5 Å². The monoisotopic (exact) mass is 663 g/mol. The summed E-state index contributed by atoms with van der Waals surface area (Å²) in [5, 5.41) is 41.6. The average Bonchev–Trinajstić information content (AvgIpc) is 3.61. The lowest BCUT2D eigenvalue weighted by Crippen LogP contribution is -2.46. The summed E-state index contributed by atoms with van der Waals surface area (Å²) in [6.45, 7) is -1.89. The Balaban J connectivity index is 1.16. The number of primary amides is 1. The number of aliphatic hydroxyl groups is 4. The molecule has 5 heterocycles. The van der Waals surface area contributed by atoms with E-state index in [4.69, 9.17) is 20.9 Å². The number of rotatable bonds is 11. The number of nitrogen functional groups attached to an aromatic ring is 1. The van der Waals surface area contributed by atoms with Gasteiger partial charge in [-0.25, -0.2) is 23.8 Å². The maximum absolute atomic E-state index is 12.4. The van der Waals surface area contributed by atoms with Crippen LogP contribution in [0.15, 0.2) is 37.2 Å². The maximum Gasteiger partial charge on any atom is 0.478 e. The second-order valence-electron chi connectivity index (χ2n) is 9.67. The number of nitrogens with zero attached hydrogens (tertiary/aromatic N) is 5. The standard InChI is InChI=1S/C21H27N7O14P2/c22-17-12-19(25-7-24-17)28(8-26-12)21-16(32)14(30)11(41-21)6-39-44(36,37)42-43(34,35)38-5-10-13(29)15(31)20(40-10)27-3-1-2-9(4-27)18(23)33/h1-4,7-8,10-11,13-16,20-21,29-32H,5-6H2,(H5-,22,23,24,25,33,34,35,36,37)/t10-,11-,13-,14-,15-,16-,20+,21?/m1/s1. The lowest BCUT2D eigenvalue weighted by molar-refractivity contribution is -0.765. The van der Waals surface area contributed by atoms with E-state index in [2.05, 4.69) is 28.3 Å². The van der Waals surface area contributed by atoms with Crippen LogP contribution in [0.25, 0.3) is 11.2 Å². The fraction of sp³-hybridized carbons (Fsp3) is 0.476. The van der Waals surface area contributed by atoms with Gasteiger partial charge in [0.25, 0.3) is 20.0 Å². The molecule has 0 spiro atoms. The Morgan fingerprint density at radius 3 is 2.45 bits per heavy atom. The number of imidazole rings is 1. The van der Waals surface area contributed by atoms with Crippen LogP contribution >= 0.6 is 15.6 Å². The molecule has 44 heavy (non-hydrogen) atoms. The van der Waals surface area contributed by atoms with Gasteiger partial charge >= 0.3 is 7.82 Å². The highest BCUT2D eigenvalue weighted by Crippen LogP contribution is 2.58. The number of pyridine rings is 1. The summed E-state index contributed by atoms with van der Waals surface area (Å²) in [4.78, 5) is 45.5. The molecule has 0 aliphatic carbocycles. The largest absolute Gasteiger partial charge is 0.756 e. The molecule has 3 aromatic rings. The number of carbonyl (C=O) groups excluding carboxylic acids is 1. The van der Waals surface area contributed by atoms with Gasteiger partial charge in [0, 0.05) is 6.07 Å². The molecule has 3 aromatic heterocycles. The van der Waals surface area contributed by atoms with Crippen molar-refractivity contribution in [2.24, 2.45) is 5.73 Å². The quantitative estimate of drug-likeness (QED) is 0.0768. The first-order chi connectivity index (χ1) is 20.7. The lowest BCUT2D eigenvalue weighted by atomic mass is 10.1. The highest BCUT2D eigenvalue weighted by atomic mass is 31.3. The first-order valence-electron chi connectivity index (χ1n) is 12.6. The summed E-state index contributed by atoms with van der Waals surface area (Å²) in [6.07, 6.45) is -7.05. The van der Waals surface area contributed by atoms with E-state index in [1.54, 1.807) is 0 Å². The maximum atomic E-state index is 12.4. The van der Waals surface area contributed by atoms with E-state index in [1.807, 2.05) is 0 Å². The molecule has 0 saturated carbocycles. The summed E-state index contributed by atoms with van der Waals surface area (Å²) in [5.74, 6) is -0.729. The van der Waals surface area contributed by atoms with Gasteiger partial charge in [-0.2, -0.15) is 4.57 Å². The van der Waals surface area contributed by atoms with Gasteiger partial charge in [-0.05, 0) is 6.07 Å². The van der Waals surface area contributed by atoms with Crippen molar-refractivity contribution < 1.29 is 71.5 Å². The Kier molecular flexibility index (Phi) is 9.13. The zero-order valence-corrected chi connectivity index (χ0v) is 24.0. The fourth-order valence-electron chi connectivity index (χ4n) is 4.57. The number of phosphoric acid groups is 2. The first-order valence-corrected chi connectivity index (χ1v) is 15.5. The van der Waals surface area contributed by atoms with Crippen molar-refractivity contribution in [1.82, 2.24) is 19.5 Å². The Morgan fingerprint density at radius 2 is 1.73 bits per heavy atom. The summed E-state index contributed by atoms with van der Waals surface area (Å²) in [5.41, 5.74) is 11.4. The highest BCUT2D eigenvalue weighted by Gasteiger charge is 2.49. The van der Waals surface area contributed by atoms with Crippen molar-refractivity contribution in [3.8, 4) is 0 Å². The number of phosphoric ester groups is 2. The third-order valence-corrected chi connectivity index (χ3v) is 9.30. The van der Waals surface area contributed by atoms with E-state index >= 15 is 0 Å². The molecule has 2 aliphatic heterocycles. The molecule has 9 N–H and O–H groups in total. The van der Waals surface area contributed by atoms with Crippen LogP contribution < -0.4 is 20.9 Å². The third kappa shape index (κ3) is 6.65. The van der Waals surface area contributed by atoms with Gasteiger partial charge in [-0.15, -0.1) is 0 Å². The van der Waals surface area contributed by atoms with Crippen molar-refractivity contribution in [2.45, 2.75) is 49.1 Å². The van der Waals surface area contributed by atoms with E-state index in [1.165, 1.54) is 40.0 Å². The van der Waals surface area contributed by atoms with Crippen molar-refractivity contribution in [2.75, 3.05) is 18.9 Å². The number of anilines is 1. The minimum atomic E-state index is -5.62. The number of aliphatic hydroxyl groups excluding tert-OH is 4. The first kappa shape index (κ1) is 32.4. The van der Waals surface area contributed by atoms with E-state index in [0.717, 1.165) is 6.33 Å². The number of ether oxygens (including phenoxy) is 2. The van der Waals surface area contributed by atoms with E-state index < -0.39 is 83.8 Å². The molecule has 0 aromatic carbocycles. The summed E-state index contributed by atoms with van der Waals surface area (Å²) in [6, 6.07) is 2.82. The summed E-state index contributed by atoms with van der Waals surface area (Å²) >= 11 is 0. The van der Waals surface area contributed by atoms with Crippen LogP contribution in [0.4, 0.5) is 5.82 Å². The Hall–Kier alpha value is -3.01. The Morgan fingerprint density at radius 1 is 1.05 bits per heavy atom. The normalized spacial score (nSPS) is 31.6. The predicted octanol–water partition coefficient (Wildman–Crippen LogP) is -3.65. The summed E-state index contributed by atoms with van der Waals surface area (Å²) < 4.78 is 51.5. The van der Waals surface area contributed by atoms with Gasteiger partial charge in [0.2, 0.25) is 0 Å². The molecular weight excluding hydrogens is 636 g/mol. The third-order valence-electron chi connectivity index (χ3n) is 6.74. The van der Waals surface area contributed by atoms with Crippen molar-refractivity contribution in [3.05, 3.63) is 42.7 Å². The number of carbonyl (C=O) groups is 1. The average molecular weight is 663 g/mol. The highest BCUT2D eigenvalue weighted by molar-refractivity contribution is 7.60. The van der Waals surface area contributed by atoms with Crippen LogP contribution in [0.2, 0.25) is 0 Å². The second-order valence-corrected chi connectivity index (χ2v) is 12.7. The molecular formula is C21H27N7O14P2. The van der Waals surface area contributed by atoms with Crippen LogP contribution in [0.5, 0.6) is 0 Å². The zero-order chi connectivity index (χ0) is 32.0. The number of fused-ring (bicyclic) bond motifs is 1. The summed E-state index contributed by atoms with van der Waals surface area (Å²) in [7, 11) is -11.0. The molecule has 2 saturated heterocycles. The number of nitrogens with two attached hydrogens (primary N) is 2. The molecule has 0 radical (unpaired) electrons. The molecule has 1 amide bonds. The smallest absolute Gasteiger partial charge is 0.478 e.